The maximum Gasteiger partial charge on any atom is 0.170 e. The van der Waals surface area contributed by atoms with Gasteiger partial charge in [-0.2, -0.15) is 0 Å². The maximum absolute atomic E-state index is 9.31. The van der Waals surface area contributed by atoms with Crippen LogP contribution in [0.4, 0.5) is 0 Å². The third-order valence-corrected chi connectivity index (χ3v) is 2.28. The van der Waals surface area contributed by atoms with Gasteiger partial charge in [-0.1, -0.05) is 17.3 Å². The molecule has 1 aromatic heterocycles. The maximum atomic E-state index is 9.31. The van der Waals surface area contributed by atoms with Gasteiger partial charge in [0.25, 0.3) is 0 Å². The van der Waals surface area contributed by atoms with E-state index >= 15 is 0 Å². The minimum absolute atomic E-state index is 0.356. The highest BCUT2D eigenvalue weighted by Crippen LogP contribution is 2.22. The van der Waals surface area contributed by atoms with E-state index < -0.39 is 0 Å². The minimum atomic E-state index is -0.356. The number of fused-ring (bicyclic) bond motifs is 1. The fourth-order valence-corrected chi connectivity index (χ4v) is 1.62. The van der Waals surface area contributed by atoms with Crippen molar-refractivity contribution in [3.05, 3.63) is 29.5 Å². The number of aliphatic hydroxyl groups excluding tert-OH is 1. The Balaban J connectivity index is 2.54. The highest BCUT2D eigenvalue weighted by Gasteiger charge is 2.09. The largest absolute Gasteiger partial charge is 0.393 e. The van der Waals surface area contributed by atoms with Crippen LogP contribution in [0.15, 0.2) is 22.7 Å². The van der Waals surface area contributed by atoms with Crippen LogP contribution in [0.1, 0.15) is 18.2 Å². The van der Waals surface area contributed by atoms with Crippen molar-refractivity contribution in [2.45, 2.75) is 26.4 Å². The van der Waals surface area contributed by atoms with Gasteiger partial charge < -0.3 is 9.63 Å². The van der Waals surface area contributed by atoms with E-state index in [1.165, 1.54) is 0 Å². The first-order chi connectivity index (χ1) is 6.68. The lowest BCUT2D eigenvalue weighted by Crippen LogP contribution is -2.04. The number of nitrogens with zero attached hydrogens (tertiary/aromatic N) is 1. The minimum Gasteiger partial charge on any atom is -0.393 e. The van der Waals surface area contributed by atoms with Crippen LogP contribution < -0.4 is 0 Å². The van der Waals surface area contributed by atoms with Crippen LogP contribution in [0.5, 0.6) is 0 Å². The lowest BCUT2D eigenvalue weighted by molar-refractivity contribution is 0.195. The number of para-hydroxylation sites is 1. The molecule has 1 aromatic carbocycles. The molecule has 0 aliphatic carbocycles. The quantitative estimate of drug-likeness (QED) is 0.790. The Morgan fingerprint density at radius 3 is 3.00 bits per heavy atom. The Morgan fingerprint density at radius 1 is 1.50 bits per heavy atom. The van der Waals surface area contributed by atoms with E-state index in [-0.39, 0.29) is 6.10 Å². The molecule has 1 atom stereocenters. The molecule has 3 nitrogen and oxygen atoms in total. The number of hydrogen-bond donors (Lipinski definition) is 1. The number of rotatable bonds is 2. The van der Waals surface area contributed by atoms with Crippen LogP contribution in [-0.4, -0.2) is 16.4 Å². The summed E-state index contributed by atoms with van der Waals surface area (Å²) >= 11 is 0. The summed E-state index contributed by atoms with van der Waals surface area (Å²) in [5.41, 5.74) is 2.71. The van der Waals surface area contributed by atoms with Crippen LogP contribution in [0.2, 0.25) is 0 Å². The molecular weight excluding hydrogens is 178 g/mol. The predicted molar refractivity (Wildman–Crippen MR) is 54.1 cm³/mol. The second-order valence-electron chi connectivity index (χ2n) is 3.61. The van der Waals surface area contributed by atoms with Gasteiger partial charge >= 0.3 is 0 Å². The molecule has 0 bridgehead atoms. The number of aryl methyl sites for hydroxylation is 1. The smallest absolute Gasteiger partial charge is 0.170 e. The van der Waals surface area contributed by atoms with Gasteiger partial charge in [-0.05, 0) is 19.9 Å². The molecule has 2 rings (SSSR count). The molecule has 3 heteroatoms. The molecule has 0 amide bonds. The molecular formula is C11H13NO2. The van der Waals surface area contributed by atoms with E-state index in [0.717, 1.165) is 22.2 Å². The molecule has 1 unspecified atom stereocenters. The van der Waals surface area contributed by atoms with E-state index in [4.69, 9.17) is 4.52 Å². The summed E-state index contributed by atoms with van der Waals surface area (Å²) in [6.07, 6.45) is 0.248. The zero-order chi connectivity index (χ0) is 10.1. The molecule has 0 aliphatic rings. The Labute approximate surface area is 82.3 Å². The third kappa shape index (κ3) is 1.51. The lowest BCUT2D eigenvalue weighted by atomic mass is 10.1. The number of aromatic nitrogens is 1. The van der Waals surface area contributed by atoms with E-state index in [0.29, 0.717) is 6.42 Å². The Kier molecular flexibility index (Phi) is 2.25. The van der Waals surface area contributed by atoms with E-state index in [9.17, 15) is 5.11 Å². The van der Waals surface area contributed by atoms with Crippen LogP contribution in [0.3, 0.4) is 0 Å². The predicted octanol–water partition coefficient (Wildman–Crippen LogP) is 2.06. The Morgan fingerprint density at radius 2 is 2.29 bits per heavy atom. The standard InChI is InChI=1S/C11H13NO2/c1-7(13)6-9-4-3-5-10-8(2)12-14-11(9)10/h3-5,7,13H,6H2,1-2H3. The second-order valence-corrected chi connectivity index (χ2v) is 3.61. The van der Waals surface area contributed by atoms with Crippen molar-refractivity contribution in [3.63, 3.8) is 0 Å². The molecule has 0 radical (unpaired) electrons. The molecule has 74 valence electrons. The third-order valence-electron chi connectivity index (χ3n) is 2.28. The molecule has 0 fully saturated rings. The van der Waals surface area contributed by atoms with Gasteiger partial charge in [-0.3, -0.25) is 0 Å². The summed E-state index contributed by atoms with van der Waals surface area (Å²) < 4.78 is 5.22. The second kappa shape index (κ2) is 3.42. The molecule has 0 spiro atoms. The summed E-state index contributed by atoms with van der Waals surface area (Å²) in [6, 6.07) is 5.90. The highest BCUT2D eigenvalue weighted by atomic mass is 16.5. The summed E-state index contributed by atoms with van der Waals surface area (Å²) in [5, 5.41) is 14.2. The molecule has 0 saturated carbocycles. The first-order valence-electron chi connectivity index (χ1n) is 4.70. The fourth-order valence-electron chi connectivity index (χ4n) is 1.62. The summed E-state index contributed by atoms with van der Waals surface area (Å²) in [5.74, 6) is 0. The molecule has 2 aromatic rings. The van der Waals surface area contributed by atoms with Gasteiger partial charge in [-0.15, -0.1) is 0 Å². The normalized spacial score (nSPS) is 13.4. The zero-order valence-electron chi connectivity index (χ0n) is 8.32. The number of benzene rings is 1. The van der Waals surface area contributed by atoms with Crippen molar-refractivity contribution >= 4 is 11.0 Å². The van der Waals surface area contributed by atoms with Crippen molar-refractivity contribution in [3.8, 4) is 0 Å². The SMILES string of the molecule is Cc1noc2c(CC(C)O)cccc12. The van der Waals surface area contributed by atoms with Crippen molar-refractivity contribution in [2.75, 3.05) is 0 Å². The molecule has 14 heavy (non-hydrogen) atoms. The highest BCUT2D eigenvalue weighted by molar-refractivity contribution is 5.82. The molecule has 0 aliphatic heterocycles. The zero-order valence-corrected chi connectivity index (χ0v) is 8.32. The van der Waals surface area contributed by atoms with Crippen LogP contribution in [-0.2, 0) is 6.42 Å². The average molecular weight is 191 g/mol. The number of hydrogen-bond acceptors (Lipinski definition) is 3. The fraction of sp³-hybridized carbons (Fsp3) is 0.364. The van der Waals surface area contributed by atoms with Crippen molar-refractivity contribution in [1.82, 2.24) is 5.16 Å². The first kappa shape index (κ1) is 9.21. The van der Waals surface area contributed by atoms with Crippen molar-refractivity contribution in [2.24, 2.45) is 0 Å². The van der Waals surface area contributed by atoms with Gasteiger partial charge in [0, 0.05) is 17.4 Å². The van der Waals surface area contributed by atoms with Crippen LogP contribution >= 0.6 is 0 Å². The Bertz CT molecular complexity index is 445. The van der Waals surface area contributed by atoms with E-state index in [2.05, 4.69) is 5.16 Å². The monoisotopic (exact) mass is 191 g/mol. The van der Waals surface area contributed by atoms with E-state index in [1.54, 1.807) is 6.92 Å². The average Bonchev–Trinajstić information content (AvgIpc) is 2.49. The Hall–Kier alpha value is -1.35. The summed E-state index contributed by atoms with van der Waals surface area (Å²) in [4.78, 5) is 0. The van der Waals surface area contributed by atoms with Gasteiger partial charge in [0.1, 0.15) is 0 Å². The summed E-state index contributed by atoms with van der Waals surface area (Å²) in [6.45, 7) is 3.68. The van der Waals surface area contributed by atoms with Gasteiger partial charge in [0.2, 0.25) is 0 Å². The van der Waals surface area contributed by atoms with Gasteiger partial charge in [0.15, 0.2) is 5.58 Å². The van der Waals surface area contributed by atoms with Gasteiger partial charge in [-0.25, -0.2) is 0 Å². The van der Waals surface area contributed by atoms with E-state index in [1.807, 2.05) is 25.1 Å². The molecule has 1 heterocycles. The first-order valence-corrected chi connectivity index (χ1v) is 4.70. The summed E-state index contributed by atoms with van der Waals surface area (Å²) in [7, 11) is 0. The van der Waals surface area contributed by atoms with Crippen molar-refractivity contribution < 1.29 is 9.63 Å². The topological polar surface area (TPSA) is 46.3 Å². The lowest BCUT2D eigenvalue weighted by Gasteiger charge is -2.03. The van der Waals surface area contributed by atoms with Crippen LogP contribution in [0, 0.1) is 6.92 Å². The van der Waals surface area contributed by atoms with Gasteiger partial charge in [0.05, 0.1) is 11.8 Å². The number of aliphatic hydroxyl groups is 1. The molecule has 1 N–H and O–H groups in total. The van der Waals surface area contributed by atoms with Crippen molar-refractivity contribution in [1.29, 1.82) is 0 Å². The van der Waals surface area contributed by atoms with Crippen LogP contribution in [0.25, 0.3) is 11.0 Å². The molecule has 0 saturated heterocycles.